The zero-order chi connectivity index (χ0) is 14.4. The monoisotopic (exact) mass is 282 g/mol. The molecule has 0 radical (unpaired) electrons. The molecule has 5 nitrogen and oxygen atoms in total. The van der Waals surface area contributed by atoms with Gasteiger partial charge in [0.25, 0.3) is 0 Å². The van der Waals surface area contributed by atoms with Crippen molar-refractivity contribution in [1.82, 2.24) is 9.97 Å². The molecular formula is C14H23FN4O. The molecule has 2 N–H and O–H groups in total. The van der Waals surface area contributed by atoms with Gasteiger partial charge in [-0.05, 0) is 32.1 Å². The van der Waals surface area contributed by atoms with Gasteiger partial charge >= 0.3 is 0 Å². The highest BCUT2D eigenvalue weighted by atomic mass is 19.1. The second-order valence-electron chi connectivity index (χ2n) is 5.20. The SMILES string of the molecule is CCCNc1ncc(F)c(NC(C)C2CCOCC2)n1. The summed E-state index contributed by atoms with van der Waals surface area (Å²) >= 11 is 0. The molecule has 0 bridgehead atoms. The quantitative estimate of drug-likeness (QED) is 0.840. The van der Waals surface area contributed by atoms with Gasteiger partial charge in [0.1, 0.15) is 0 Å². The van der Waals surface area contributed by atoms with E-state index in [1.165, 1.54) is 6.20 Å². The van der Waals surface area contributed by atoms with Crippen molar-refractivity contribution >= 4 is 11.8 Å². The predicted molar refractivity (Wildman–Crippen MR) is 77.4 cm³/mol. The summed E-state index contributed by atoms with van der Waals surface area (Å²) in [5, 5.41) is 6.24. The Balaban J connectivity index is 1.99. The molecule has 112 valence electrons. The molecule has 1 aliphatic rings. The molecule has 2 rings (SSSR count). The van der Waals surface area contributed by atoms with E-state index in [1.54, 1.807) is 0 Å². The van der Waals surface area contributed by atoms with Crippen molar-refractivity contribution in [3.05, 3.63) is 12.0 Å². The summed E-state index contributed by atoms with van der Waals surface area (Å²) in [4.78, 5) is 8.14. The molecular weight excluding hydrogens is 259 g/mol. The van der Waals surface area contributed by atoms with E-state index in [0.717, 1.165) is 39.0 Å². The van der Waals surface area contributed by atoms with Crippen LogP contribution in [0.25, 0.3) is 0 Å². The Hall–Kier alpha value is -1.43. The first-order chi connectivity index (χ1) is 9.70. The largest absolute Gasteiger partial charge is 0.381 e. The zero-order valence-electron chi connectivity index (χ0n) is 12.2. The van der Waals surface area contributed by atoms with E-state index in [-0.39, 0.29) is 11.9 Å². The number of hydrogen-bond donors (Lipinski definition) is 2. The van der Waals surface area contributed by atoms with Crippen LogP contribution < -0.4 is 10.6 Å². The maximum atomic E-state index is 13.8. The highest BCUT2D eigenvalue weighted by Crippen LogP contribution is 2.22. The molecule has 1 fully saturated rings. The molecule has 20 heavy (non-hydrogen) atoms. The first kappa shape index (κ1) is 15.0. The Kier molecular flexibility index (Phi) is 5.52. The van der Waals surface area contributed by atoms with Crippen molar-refractivity contribution in [3.63, 3.8) is 0 Å². The number of hydrogen-bond acceptors (Lipinski definition) is 5. The van der Waals surface area contributed by atoms with E-state index < -0.39 is 5.82 Å². The van der Waals surface area contributed by atoms with Crippen LogP contribution in [0.1, 0.15) is 33.1 Å². The van der Waals surface area contributed by atoms with Crippen LogP contribution in [-0.2, 0) is 4.74 Å². The molecule has 6 heteroatoms. The molecule has 1 atom stereocenters. The average molecular weight is 282 g/mol. The number of halogens is 1. The Morgan fingerprint density at radius 2 is 2.20 bits per heavy atom. The minimum Gasteiger partial charge on any atom is -0.381 e. The topological polar surface area (TPSA) is 59.1 Å². The number of nitrogens with one attached hydrogen (secondary N) is 2. The molecule has 2 heterocycles. The fourth-order valence-electron chi connectivity index (χ4n) is 2.34. The summed E-state index contributed by atoms with van der Waals surface area (Å²) in [5.74, 6) is 0.823. The second kappa shape index (κ2) is 7.38. The first-order valence-corrected chi connectivity index (χ1v) is 7.31. The van der Waals surface area contributed by atoms with Crippen molar-refractivity contribution in [3.8, 4) is 0 Å². The van der Waals surface area contributed by atoms with Crippen LogP contribution in [0.2, 0.25) is 0 Å². The number of rotatable bonds is 6. The highest BCUT2D eigenvalue weighted by Gasteiger charge is 2.21. The molecule has 0 amide bonds. The minimum atomic E-state index is -0.411. The Bertz CT molecular complexity index is 424. The van der Waals surface area contributed by atoms with Gasteiger partial charge in [-0.25, -0.2) is 9.37 Å². The van der Waals surface area contributed by atoms with Crippen LogP contribution in [-0.4, -0.2) is 35.8 Å². The highest BCUT2D eigenvalue weighted by molar-refractivity contribution is 5.41. The van der Waals surface area contributed by atoms with Crippen LogP contribution >= 0.6 is 0 Å². The van der Waals surface area contributed by atoms with Crippen LogP contribution in [0.4, 0.5) is 16.2 Å². The van der Waals surface area contributed by atoms with E-state index in [4.69, 9.17) is 4.74 Å². The van der Waals surface area contributed by atoms with E-state index in [1.807, 2.05) is 0 Å². The fourth-order valence-corrected chi connectivity index (χ4v) is 2.34. The molecule has 0 spiro atoms. The maximum absolute atomic E-state index is 13.8. The molecule has 1 aromatic rings. The van der Waals surface area contributed by atoms with Gasteiger partial charge in [0.15, 0.2) is 11.6 Å². The number of aromatic nitrogens is 2. The summed E-state index contributed by atoms with van der Waals surface area (Å²) in [7, 11) is 0. The molecule has 0 aromatic carbocycles. The van der Waals surface area contributed by atoms with Crippen LogP contribution in [0, 0.1) is 11.7 Å². The smallest absolute Gasteiger partial charge is 0.224 e. The average Bonchev–Trinajstić information content (AvgIpc) is 2.49. The van der Waals surface area contributed by atoms with Gasteiger partial charge in [-0.1, -0.05) is 6.92 Å². The minimum absolute atomic E-state index is 0.169. The van der Waals surface area contributed by atoms with Crippen molar-refractivity contribution in [2.75, 3.05) is 30.4 Å². The van der Waals surface area contributed by atoms with Gasteiger partial charge in [-0.15, -0.1) is 0 Å². The van der Waals surface area contributed by atoms with Crippen molar-refractivity contribution in [2.24, 2.45) is 5.92 Å². The summed E-state index contributed by atoms with van der Waals surface area (Å²) in [6.07, 6.45) is 4.19. The van der Waals surface area contributed by atoms with Crippen LogP contribution in [0.15, 0.2) is 6.20 Å². The van der Waals surface area contributed by atoms with E-state index >= 15 is 0 Å². The molecule has 1 saturated heterocycles. The lowest BCUT2D eigenvalue weighted by Gasteiger charge is -2.28. The van der Waals surface area contributed by atoms with Gasteiger partial charge < -0.3 is 15.4 Å². The normalized spacial score (nSPS) is 17.8. The predicted octanol–water partition coefficient (Wildman–Crippen LogP) is 2.66. The van der Waals surface area contributed by atoms with E-state index in [0.29, 0.717) is 11.9 Å². The Morgan fingerprint density at radius 3 is 2.90 bits per heavy atom. The third-order valence-corrected chi connectivity index (χ3v) is 3.61. The van der Waals surface area contributed by atoms with Crippen LogP contribution in [0.3, 0.4) is 0 Å². The Morgan fingerprint density at radius 1 is 1.45 bits per heavy atom. The standard InChI is InChI=1S/C14H23FN4O/c1-3-6-16-14-17-9-12(15)13(19-14)18-10(2)11-4-7-20-8-5-11/h9-11H,3-8H2,1-2H3,(H2,16,17,18,19). The van der Waals surface area contributed by atoms with Gasteiger partial charge in [0.05, 0.1) is 6.20 Å². The fraction of sp³-hybridized carbons (Fsp3) is 0.714. The number of nitrogens with zero attached hydrogens (tertiary/aromatic N) is 2. The van der Waals surface area contributed by atoms with Gasteiger partial charge in [0, 0.05) is 25.8 Å². The lowest BCUT2D eigenvalue weighted by Crippen LogP contribution is -2.31. The molecule has 0 aliphatic carbocycles. The van der Waals surface area contributed by atoms with E-state index in [2.05, 4.69) is 34.4 Å². The van der Waals surface area contributed by atoms with Gasteiger partial charge in [-0.3, -0.25) is 0 Å². The Labute approximate surface area is 119 Å². The van der Waals surface area contributed by atoms with Crippen molar-refractivity contribution in [2.45, 2.75) is 39.2 Å². The second-order valence-corrected chi connectivity index (χ2v) is 5.20. The number of anilines is 2. The molecule has 1 unspecified atom stereocenters. The lowest BCUT2D eigenvalue weighted by molar-refractivity contribution is 0.0622. The van der Waals surface area contributed by atoms with Gasteiger partial charge in [0.2, 0.25) is 5.95 Å². The zero-order valence-corrected chi connectivity index (χ0v) is 12.2. The maximum Gasteiger partial charge on any atom is 0.224 e. The van der Waals surface area contributed by atoms with Gasteiger partial charge in [-0.2, -0.15) is 4.98 Å². The number of ether oxygens (including phenoxy) is 1. The first-order valence-electron chi connectivity index (χ1n) is 7.31. The molecule has 1 aliphatic heterocycles. The summed E-state index contributed by atoms with van der Waals surface area (Å²) < 4.78 is 19.1. The van der Waals surface area contributed by atoms with Crippen molar-refractivity contribution < 1.29 is 9.13 Å². The molecule has 1 aromatic heterocycles. The summed E-state index contributed by atoms with van der Waals surface area (Å²) in [6, 6.07) is 0.169. The van der Waals surface area contributed by atoms with E-state index in [9.17, 15) is 4.39 Å². The third kappa shape index (κ3) is 4.03. The van der Waals surface area contributed by atoms with Crippen molar-refractivity contribution in [1.29, 1.82) is 0 Å². The lowest BCUT2D eigenvalue weighted by atomic mass is 9.93. The summed E-state index contributed by atoms with van der Waals surface area (Å²) in [5.41, 5.74) is 0. The van der Waals surface area contributed by atoms with Crippen LogP contribution in [0.5, 0.6) is 0 Å². The molecule has 0 saturated carbocycles. The summed E-state index contributed by atoms with van der Waals surface area (Å²) in [6.45, 7) is 6.47. The third-order valence-electron chi connectivity index (χ3n) is 3.61.